The second kappa shape index (κ2) is 7.85. The third-order valence-corrected chi connectivity index (χ3v) is 4.18. The van der Waals surface area contributed by atoms with Crippen LogP contribution in [0.15, 0.2) is 18.2 Å². The molecule has 0 saturated carbocycles. The maximum absolute atomic E-state index is 13.2. The van der Waals surface area contributed by atoms with Crippen molar-refractivity contribution in [2.24, 2.45) is 5.92 Å². The maximum atomic E-state index is 13.2. The van der Waals surface area contributed by atoms with Crippen LogP contribution in [0.1, 0.15) is 44.7 Å². The Hall–Kier alpha value is -1.00. The zero-order valence-corrected chi connectivity index (χ0v) is 13.0. The number of likely N-dealkylation sites (tertiary alicyclic amines) is 1. The van der Waals surface area contributed by atoms with Gasteiger partial charge in [0.15, 0.2) is 0 Å². The van der Waals surface area contributed by atoms with Crippen molar-refractivity contribution in [3.8, 4) is 0 Å². The summed E-state index contributed by atoms with van der Waals surface area (Å²) in [7, 11) is 0. The van der Waals surface area contributed by atoms with E-state index in [1.165, 1.54) is 44.5 Å². The highest BCUT2D eigenvalue weighted by Crippen LogP contribution is 2.16. The van der Waals surface area contributed by atoms with Crippen molar-refractivity contribution < 1.29 is 8.78 Å². The lowest BCUT2D eigenvalue weighted by atomic mass is 10.1. The van der Waals surface area contributed by atoms with Crippen molar-refractivity contribution >= 4 is 0 Å². The first-order chi connectivity index (χ1) is 10.0. The Morgan fingerprint density at radius 1 is 1.05 bits per heavy atom. The van der Waals surface area contributed by atoms with Gasteiger partial charge in [0.2, 0.25) is 0 Å². The third kappa shape index (κ3) is 5.36. The molecular weight excluding hydrogens is 270 g/mol. The van der Waals surface area contributed by atoms with Gasteiger partial charge in [0.25, 0.3) is 0 Å². The second-order valence-electron chi connectivity index (χ2n) is 6.30. The van der Waals surface area contributed by atoms with E-state index in [1.54, 1.807) is 0 Å². The molecule has 1 aromatic carbocycles. The fourth-order valence-electron chi connectivity index (χ4n) is 2.97. The van der Waals surface area contributed by atoms with Gasteiger partial charge in [-0.2, -0.15) is 0 Å². The lowest BCUT2D eigenvalue weighted by Crippen LogP contribution is -2.37. The summed E-state index contributed by atoms with van der Waals surface area (Å²) in [4.78, 5) is 2.52. The van der Waals surface area contributed by atoms with Crippen molar-refractivity contribution in [1.29, 1.82) is 0 Å². The van der Waals surface area contributed by atoms with E-state index in [-0.39, 0.29) is 6.04 Å². The number of nitrogens with one attached hydrogen (secondary N) is 1. The molecule has 0 amide bonds. The van der Waals surface area contributed by atoms with E-state index >= 15 is 0 Å². The van der Waals surface area contributed by atoms with Crippen molar-refractivity contribution in [1.82, 2.24) is 10.2 Å². The van der Waals surface area contributed by atoms with Gasteiger partial charge in [0, 0.05) is 18.7 Å². The monoisotopic (exact) mass is 296 g/mol. The first-order valence-electron chi connectivity index (χ1n) is 7.96. The van der Waals surface area contributed by atoms with Gasteiger partial charge in [0.1, 0.15) is 11.6 Å². The summed E-state index contributed by atoms with van der Waals surface area (Å²) in [5.41, 5.74) is 0.665. The van der Waals surface area contributed by atoms with Crippen LogP contribution in [0.2, 0.25) is 0 Å². The average Bonchev–Trinajstić information content (AvgIpc) is 2.45. The van der Waals surface area contributed by atoms with Crippen LogP contribution in [-0.4, -0.2) is 31.1 Å². The van der Waals surface area contributed by atoms with Gasteiger partial charge in [-0.15, -0.1) is 0 Å². The summed E-state index contributed by atoms with van der Waals surface area (Å²) >= 11 is 0. The number of hydrogen-bond acceptors (Lipinski definition) is 2. The Morgan fingerprint density at radius 2 is 1.67 bits per heavy atom. The van der Waals surface area contributed by atoms with Crippen LogP contribution in [0.4, 0.5) is 8.78 Å². The summed E-state index contributed by atoms with van der Waals surface area (Å²) < 4.78 is 26.4. The van der Waals surface area contributed by atoms with E-state index < -0.39 is 11.6 Å². The van der Waals surface area contributed by atoms with Crippen LogP contribution in [0, 0.1) is 17.6 Å². The normalized spacial score (nSPS) is 19.4. The van der Waals surface area contributed by atoms with E-state index in [4.69, 9.17) is 0 Å². The largest absolute Gasteiger partial charge is 0.310 e. The highest BCUT2D eigenvalue weighted by atomic mass is 19.1. The molecule has 1 heterocycles. The quantitative estimate of drug-likeness (QED) is 0.860. The summed E-state index contributed by atoms with van der Waals surface area (Å²) in [5, 5.41) is 3.38. The molecule has 1 saturated heterocycles. The Kier molecular flexibility index (Phi) is 6.12. The molecule has 1 aromatic rings. The van der Waals surface area contributed by atoms with Gasteiger partial charge in [-0.25, -0.2) is 8.78 Å². The van der Waals surface area contributed by atoms with Crippen molar-refractivity contribution in [2.75, 3.05) is 26.2 Å². The fraction of sp³-hybridized carbons (Fsp3) is 0.647. The van der Waals surface area contributed by atoms with E-state index in [0.29, 0.717) is 11.5 Å². The molecule has 0 aromatic heterocycles. The minimum absolute atomic E-state index is 0.0426. The van der Waals surface area contributed by atoms with E-state index in [2.05, 4.69) is 17.1 Å². The van der Waals surface area contributed by atoms with E-state index in [0.717, 1.165) is 19.2 Å². The predicted octanol–water partition coefficient (Wildman–Crippen LogP) is 3.74. The van der Waals surface area contributed by atoms with Gasteiger partial charge in [-0.3, -0.25) is 0 Å². The zero-order valence-electron chi connectivity index (χ0n) is 13.0. The van der Waals surface area contributed by atoms with Crippen LogP contribution >= 0.6 is 0 Å². The maximum Gasteiger partial charge on any atom is 0.126 e. The molecule has 0 radical (unpaired) electrons. The van der Waals surface area contributed by atoms with E-state index in [9.17, 15) is 8.78 Å². The molecule has 0 bridgehead atoms. The standard InChI is InChI=1S/C17H26F2N2/c1-13(12-21-6-4-3-5-7-21)11-20-14(2)15-8-16(18)10-17(19)9-15/h8-10,13-14,20H,3-7,11-12H2,1-2H3. The van der Waals surface area contributed by atoms with Gasteiger partial charge in [0.05, 0.1) is 0 Å². The Bertz CT molecular complexity index is 424. The van der Waals surface area contributed by atoms with Crippen LogP contribution in [0.3, 0.4) is 0 Å². The molecule has 2 rings (SSSR count). The molecule has 1 fully saturated rings. The lowest BCUT2D eigenvalue weighted by molar-refractivity contribution is 0.197. The Morgan fingerprint density at radius 3 is 2.29 bits per heavy atom. The fourth-order valence-corrected chi connectivity index (χ4v) is 2.97. The molecule has 0 spiro atoms. The van der Waals surface area contributed by atoms with Crippen LogP contribution in [0.25, 0.3) is 0 Å². The predicted molar refractivity (Wildman–Crippen MR) is 82.2 cm³/mol. The number of rotatable bonds is 6. The lowest BCUT2D eigenvalue weighted by Gasteiger charge is -2.29. The molecule has 2 nitrogen and oxygen atoms in total. The Balaban J connectivity index is 1.78. The summed E-state index contributed by atoms with van der Waals surface area (Å²) in [6.07, 6.45) is 3.96. The second-order valence-corrected chi connectivity index (χ2v) is 6.30. The molecule has 2 unspecified atom stereocenters. The van der Waals surface area contributed by atoms with Gasteiger partial charge in [-0.1, -0.05) is 13.3 Å². The average molecular weight is 296 g/mol. The van der Waals surface area contributed by atoms with Gasteiger partial charge >= 0.3 is 0 Å². The molecule has 1 aliphatic rings. The Labute approximate surface area is 126 Å². The molecule has 0 aliphatic carbocycles. The molecule has 2 atom stereocenters. The van der Waals surface area contributed by atoms with Crippen molar-refractivity contribution in [2.45, 2.75) is 39.2 Å². The minimum Gasteiger partial charge on any atom is -0.310 e. The number of piperidine rings is 1. The first-order valence-corrected chi connectivity index (χ1v) is 7.96. The van der Waals surface area contributed by atoms with Crippen molar-refractivity contribution in [3.63, 3.8) is 0 Å². The highest BCUT2D eigenvalue weighted by Gasteiger charge is 2.15. The number of halogens is 2. The van der Waals surface area contributed by atoms with Gasteiger partial charge < -0.3 is 10.2 Å². The summed E-state index contributed by atoms with van der Waals surface area (Å²) in [6.45, 7) is 8.53. The molecule has 4 heteroatoms. The van der Waals surface area contributed by atoms with Crippen molar-refractivity contribution in [3.05, 3.63) is 35.4 Å². The van der Waals surface area contributed by atoms with Crippen LogP contribution < -0.4 is 5.32 Å². The molecule has 21 heavy (non-hydrogen) atoms. The third-order valence-electron chi connectivity index (χ3n) is 4.18. The number of hydrogen-bond donors (Lipinski definition) is 1. The molecule has 1 aliphatic heterocycles. The number of nitrogens with zero attached hydrogens (tertiary/aromatic N) is 1. The van der Waals surface area contributed by atoms with Gasteiger partial charge in [-0.05, 0) is 63.0 Å². The summed E-state index contributed by atoms with van der Waals surface area (Å²) in [5.74, 6) is -0.496. The van der Waals surface area contributed by atoms with E-state index in [1.807, 2.05) is 6.92 Å². The van der Waals surface area contributed by atoms with Crippen LogP contribution in [0.5, 0.6) is 0 Å². The first kappa shape index (κ1) is 16.4. The highest BCUT2D eigenvalue weighted by molar-refractivity contribution is 5.20. The zero-order chi connectivity index (χ0) is 15.2. The summed E-state index contributed by atoms with van der Waals surface area (Å²) in [6, 6.07) is 3.67. The smallest absolute Gasteiger partial charge is 0.126 e. The van der Waals surface area contributed by atoms with Crippen LogP contribution in [-0.2, 0) is 0 Å². The minimum atomic E-state index is -0.514. The molecule has 1 N–H and O–H groups in total. The topological polar surface area (TPSA) is 15.3 Å². The molecule has 118 valence electrons. The number of benzene rings is 1. The SMILES string of the molecule is CC(CNC(C)c1cc(F)cc(F)c1)CN1CCCCC1. The molecular formula is C17H26F2N2.